The van der Waals surface area contributed by atoms with Gasteiger partial charge in [-0.25, -0.2) is 0 Å². The van der Waals surface area contributed by atoms with Crippen molar-refractivity contribution in [2.24, 2.45) is 0 Å². The van der Waals surface area contributed by atoms with Crippen LogP contribution in [0.1, 0.15) is 26.3 Å². The van der Waals surface area contributed by atoms with Gasteiger partial charge in [0.2, 0.25) is 0 Å². The molecule has 2 rings (SSSR count). The predicted molar refractivity (Wildman–Crippen MR) is 84.8 cm³/mol. The van der Waals surface area contributed by atoms with Crippen molar-refractivity contribution in [1.29, 1.82) is 0 Å². The summed E-state index contributed by atoms with van der Waals surface area (Å²) in [5, 5.41) is 10.6. The minimum atomic E-state index is -1.23. The van der Waals surface area contributed by atoms with Crippen molar-refractivity contribution in [3.63, 3.8) is 0 Å². The zero-order chi connectivity index (χ0) is 16.1. The molecule has 0 aliphatic heterocycles. The Morgan fingerprint density at radius 2 is 1.73 bits per heavy atom. The van der Waals surface area contributed by atoms with Crippen LogP contribution in [0.2, 0.25) is 0 Å². The molecule has 0 aromatic heterocycles. The highest BCUT2D eigenvalue weighted by molar-refractivity contribution is 9.10. The second-order valence-electron chi connectivity index (χ2n) is 4.46. The normalized spacial score (nSPS) is 10.6. The van der Waals surface area contributed by atoms with Crippen LogP contribution in [-0.4, -0.2) is 18.9 Å². The lowest BCUT2D eigenvalue weighted by Crippen LogP contribution is -2.21. The fourth-order valence-corrected chi connectivity index (χ4v) is 2.36. The van der Waals surface area contributed by atoms with Crippen molar-refractivity contribution < 1.29 is 19.4 Å². The molecular weight excluding hydrogens is 348 g/mol. The van der Waals surface area contributed by atoms with Crippen LogP contribution in [0.5, 0.6) is 5.75 Å². The Hall–Kier alpha value is -2.40. The highest BCUT2D eigenvalue weighted by Crippen LogP contribution is 2.25. The number of carboxylic acid groups (broad SMARTS) is 1. The van der Waals surface area contributed by atoms with Crippen molar-refractivity contribution in [3.8, 4) is 5.75 Å². The van der Waals surface area contributed by atoms with Crippen LogP contribution in [0.15, 0.2) is 53.0 Å². The van der Waals surface area contributed by atoms with Gasteiger partial charge in [0.15, 0.2) is 5.78 Å². The number of ether oxygens (including phenoxy) is 1. The van der Waals surface area contributed by atoms with Crippen LogP contribution in [-0.2, 0) is 0 Å². The largest absolute Gasteiger partial charge is 0.545 e. The SMILES string of the molecule is COc1ccc(C(=O)/C=C/c2ccc(C(=O)[O-])cc2)cc1Br. The number of allylic oxidation sites excluding steroid dienone is 1. The van der Waals surface area contributed by atoms with Gasteiger partial charge in [0.1, 0.15) is 5.75 Å². The molecule has 0 atom stereocenters. The third kappa shape index (κ3) is 3.83. The standard InChI is InChI=1S/C17H13BrO4/c1-22-16-9-7-13(10-14(16)18)15(19)8-4-11-2-5-12(6-3-11)17(20)21/h2-10H,1H3,(H,20,21)/p-1/b8-4+. The van der Waals surface area contributed by atoms with Gasteiger partial charge in [0.25, 0.3) is 0 Å². The van der Waals surface area contributed by atoms with Crippen molar-refractivity contribution >= 4 is 33.8 Å². The number of hydrogen-bond acceptors (Lipinski definition) is 4. The van der Waals surface area contributed by atoms with Crippen LogP contribution in [0.25, 0.3) is 6.08 Å². The lowest BCUT2D eigenvalue weighted by atomic mass is 10.1. The van der Waals surface area contributed by atoms with E-state index in [1.807, 2.05) is 0 Å². The third-order valence-corrected chi connectivity index (χ3v) is 3.63. The Morgan fingerprint density at radius 1 is 1.09 bits per heavy atom. The quantitative estimate of drug-likeness (QED) is 0.608. The highest BCUT2D eigenvalue weighted by Gasteiger charge is 2.06. The number of carbonyl (C=O) groups excluding carboxylic acids is 2. The first-order valence-electron chi connectivity index (χ1n) is 6.38. The average Bonchev–Trinajstić information content (AvgIpc) is 2.52. The predicted octanol–water partition coefficient (Wildman–Crippen LogP) is 2.72. The summed E-state index contributed by atoms with van der Waals surface area (Å²) in [6, 6.07) is 11.2. The van der Waals surface area contributed by atoms with Gasteiger partial charge in [-0.05, 0) is 51.3 Å². The van der Waals surface area contributed by atoms with Crippen molar-refractivity contribution in [2.45, 2.75) is 0 Å². The molecule has 4 nitrogen and oxygen atoms in total. The van der Waals surface area contributed by atoms with E-state index in [9.17, 15) is 14.7 Å². The Kier molecular flexibility index (Phi) is 5.12. The van der Waals surface area contributed by atoms with Crippen LogP contribution in [0, 0.1) is 0 Å². The lowest BCUT2D eigenvalue weighted by Gasteiger charge is -2.04. The maximum absolute atomic E-state index is 12.1. The summed E-state index contributed by atoms with van der Waals surface area (Å²) in [4.78, 5) is 22.7. The van der Waals surface area contributed by atoms with E-state index in [1.165, 1.54) is 18.2 Å². The van der Waals surface area contributed by atoms with Gasteiger partial charge in [0, 0.05) is 5.56 Å². The minimum absolute atomic E-state index is 0.0996. The van der Waals surface area contributed by atoms with E-state index < -0.39 is 5.97 Å². The Balaban J connectivity index is 2.14. The minimum Gasteiger partial charge on any atom is -0.545 e. The van der Waals surface area contributed by atoms with Gasteiger partial charge in [0.05, 0.1) is 17.6 Å². The summed E-state index contributed by atoms with van der Waals surface area (Å²) in [6.45, 7) is 0. The first-order chi connectivity index (χ1) is 10.5. The molecule has 0 bridgehead atoms. The number of rotatable bonds is 5. The molecule has 112 valence electrons. The Labute approximate surface area is 136 Å². The number of methoxy groups -OCH3 is 1. The number of halogens is 1. The van der Waals surface area contributed by atoms with Crippen LogP contribution in [0.4, 0.5) is 0 Å². The molecule has 22 heavy (non-hydrogen) atoms. The highest BCUT2D eigenvalue weighted by atomic mass is 79.9. The van der Waals surface area contributed by atoms with Crippen molar-refractivity contribution in [1.82, 2.24) is 0 Å². The first-order valence-corrected chi connectivity index (χ1v) is 7.18. The molecular formula is C17H12BrO4-. The third-order valence-electron chi connectivity index (χ3n) is 3.01. The zero-order valence-corrected chi connectivity index (χ0v) is 13.3. The number of aromatic carboxylic acids is 1. The van der Waals surface area contributed by atoms with E-state index in [1.54, 1.807) is 43.5 Å². The van der Waals surface area contributed by atoms with Crippen LogP contribution < -0.4 is 9.84 Å². The number of carbonyl (C=O) groups is 2. The molecule has 2 aromatic rings. The maximum Gasteiger partial charge on any atom is 0.185 e. The Morgan fingerprint density at radius 3 is 2.27 bits per heavy atom. The fraction of sp³-hybridized carbons (Fsp3) is 0.0588. The van der Waals surface area contributed by atoms with Crippen LogP contribution in [0.3, 0.4) is 0 Å². The summed E-state index contributed by atoms with van der Waals surface area (Å²) in [6.07, 6.45) is 3.06. The van der Waals surface area contributed by atoms with Gasteiger partial charge >= 0.3 is 0 Å². The lowest BCUT2D eigenvalue weighted by molar-refractivity contribution is -0.255. The molecule has 0 N–H and O–H groups in total. The second kappa shape index (κ2) is 7.04. The maximum atomic E-state index is 12.1. The number of hydrogen-bond donors (Lipinski definition) is 0. The van der Waals surface area contributed by atoms with Crippen molar-refractivity contribution in [3.05, 3.63) is 69.7 Å². The first kappa shape index (κ1) is 16.0. The summed E-state index contributed by atoms with van der Waals surface area (Å²) >= 11 is 3.33. The van der Waals surface area contributed by atoms with Crippen LogP contribution >= 0.6 is 15.9 Å². The molecule has 0 heterocycles. The van der Waals surface area contributed by atoms with E-state index in [2.05, 4.69) is 15.9 Å². The van der Waals surface area contributed by atoms with Gasteiger partial charge in [-0.3, -0.25) is 4.79 Å². The van der Waals surface area contributed by atoms with E-state index in [0.717, 1.165) is 5.56 Å². The van der Waals surface area contributed by atoms with Crippen molar-refractivity contribution in [2.75, 3.05) is 7.11 Å². The zero-order valence-electron chi connectivity index (χ0n) is 11.7. The number of benzene rings is 2. The van der Waals surface area contributed by atoms with E-state index in [-0.39, 0.29) is 11.3 Å². The molecule has 0 amide bonds. The Bertz CT molecular complexity index is 733. The topological polar surface area (TPSA) is 66.4 Å². The summed E-state index contributed by atoms with van der Waals surface area (Å²) in [5.41, 5.74) is 1.35. The van der Waals surface area contributed by atoms with Gasteiger partial charge < -0.3 is 14.6 Å². The summed E-state index contributed by atoms with van der Waals surface area (Å²) in [5.74, 6) is -0.736. The van der Waals surface area contributed by atoms with Gasteiger partial charge in [-0.15, -0.1) is 0 Å². The van der Waals surface area contributed by atoms with E-state index in [0.29, 0.717) is 15.8 Å². The summed E-state index contributed by atoms with van der Waals surface area (Å²) < 4.78 is 5.81. The molecule has 0 unspecified atom stereocenters. The van der Waals surface area contributed by atoms with E-state index >= 15 is 0 Å². The number of ketones is 1. The smallest absolute Gasteiger partial charge is 0.185 e. The van der Waals surface area contributed by atoms with Gasteiger partial charge in [-0.1, -0.05) is 30.3 Å². The molecule has 2 aromatic carbocycles. The van der Waals surface area contributed by atoms with Gasteiger partial charge in [-0.2, -0.15) is 0 Å². The molecule has 0 saturated heterocycles. The molecule has 0 saturated carbocycles. The molecule has 0 radical (unpaired) electrons. The molecule has 0 spiro atoms. The average molecular weight is 360 g/mol. The molecule has 0 aliphatic carbocycles. The summed E-state index contributed by atoms with van der Waals surface area (Å²) in [7, 11) is 1.55. The fourth-order valence-electron chi connectivity index (χ4n) is 1.82. The monoisotopic (exact) mass is 359 g/mol. The molecule has 5 heteroatoms. The second-order valence-corrected chi connectivity index (χ2v) is 5.31. The number of carboxylic acids is 1. The molecule has 0 fully saturated rings. The molecule has 0 aliphatic rings. The van der Waals surface area contributed by atoms with E-state index in [4.69, 9.17) is 4.74 Å².